The van der Waals surface area contributed by atoms with E-state index >= 15 is 0 Å². The van der Waals surface area contributed by atoms with Gasteiger partial charge in [-0.15, -0.1) is 0 Å². The summed E-state index contributed by atoms with van der Waals surface area (Å²) in [6, 6.07) is 0. The molecule has 0 amide bonds. The Hall–Kier alpha value is -2.31. The van der Waals surface area contributed by atoms with Gasteiger partial charge in [0.1, 0.15) is 11.9 Å². The number of allylic oxidation sites excluding steroid dienone is 1. The first kappa shape index (κ1) is 26.7. The van der Waals surface area contributed by atoms with Crippen molar-refractivity contribution in [2.45, 2.75) is 90.6 Å². The Morgan fingerprint density at radius 3 is 2.32 bits per heavy atom. The number of carbonyl (C=O) groups is 5. The van der Waals surface area contributed by atoms with E-state index in [0.717, 1.165) is 51.9 Å². The smallest absolute Gasteiger partial charge is 0.374 e. The highest BCUT2D eigenvalue weighted by Crippen LogP contribution is 2.36. The zero-order valence-electron chi connectivity index (χ0n) is 19.0. The lowest BCUT2D eigenvalue weighted by Gasteiger charge is -2.20. The van der Waals surface area contributed by atoms with Gasteiger partial charge in [-0.25, -0.2) is 4.79 Å². The first-order valence-corrected chi connectivity index (χ1v) is 11.3. The molecule has 0 unspecified atom stereocenters. The monoisotopic (exact) mass is 436 g/mol. The molecule has 7 heteroatoms. The van der Waals surface area contributed by atoms with Crippen LogP contribution in [0.1, 0.15) is 84.5 Å². The zero-order valence-corrected chi connectivity index (χ0v) is 19.0. The van der Waals surface area contributed by atoms with E-state index in [-0.39, 0.29) is 29.9 Å². The molecule has 3 atom stereocenters. The van der Waals surface area contributed by atoms with E-state index in [1.807, 2.05) is 0 Å². The highest BCUT2D eigenvalue weighted by molar-refractivity contribution is 6.32. The highest BCUT2D eigenvalue weighted by atomic mass is 16.5. The summed E-state index contributed by atoms with van der Waals surface area (Å²) in [5.74, 6) is -2.65. The van der Waals surface area contributed by atoms with Gasteiger partial charge in [0.2, 0.25) is 5.78 Å². The van der Waals surface area contributed by atoms with Crippen molar-refractivity contribution in [1.82, 2.24) is 0 Å². The van der Waals surface area contributed by atoms with Gasteiger partial charge >= 0.3 is 11.9 Å². The minimum Gasteiger partial charge on any atom is -0.469 e. The van der Waals surface area contributed by atoms with Gasteiger partial charge in [0.25, 0.3) is 0 Å². The molecular weight excluding hydrogens is 400 g/mol. The number of ether oxygens (including phenoxy) is 2. The Bertz CT molecular complexity index is 665. The van der Waals surface area contributed by atoms with Crippen molar-refractivity contribution in [3.63, 3.8) is 0 Å². The third kappa shape index (κ3) is 10.0. The maximum atomic E-state index is 12.6. The molecule has 0 aromatic carbocycles. The molecule has 0 spiro atoms. The lowest BCUT2D eigenvalue weighted by molar-refractivity contribution is -0.158. The fraction of sp³-hybridized carbons (Fsp3) is 0.708. The van der Waals surface area contributed by atoms with Gasteiger partial charge in [-0.3, -0.25) is 19.2 Å². The van der Waals surface area contributed by atoms with Crippen LogP contribution in [0.3, 0.4) is 0 Å². The number of Topliss-reactive ketones (excluding diaryl/α,β-unsaturated/α-hetero) is 2. The summed E-state index contributed by atoms with van der Waals surface area (Å²) < 4.78 is 9.90. The molecular formula is C24H36O7. The van der Waals surface area contributed by atoms with E-state index in [9.17, 15) is 24.0 Å². The Labute approximate surface area is 184 Å². The SMILES string of the molecule is CCCCCC(=O)C=C[C@@H]1[C@@H](OC(=O)C(C)=O)CC(=O)[C@H]1CCCCCCC(=O)OC. The lowest BCUT2D eigenvalue weighted by atomic mass is 9.88. The molecule has 7 nitrogen and oxygen atoms in total. The predicted molar refractivity (Wildman–Crippen MR) is 115 cm³/mol. The molecule has 0 aromatic heterocycles. The van der Waals surface area contributed by atoms with Gasteiger partial charge < -0.3 is 9.47 Å². The normalized spacial score (nSPS) is 20.7. The summed E-state index contributed by atoms with van der Waals surface area (Å²) in [5, 5.41) is 0. The topological polar surface area (TPSA) is 104 Å². The second-order valence-electron chi connectivity index (χ2n) is 8.17. The summed E-state index contributed by atoms with van der Waals surface area (Å²) in [4.78, 5) is 59.0. The number of unbranched alkanes of at least 4 members (excludes halogenated alkanes) is 5. The van der Waals surface area contributed by atoms with Crippen molar-refractivity contribution in [3.05, 3.63) is 12.2 Å². The molecule has 0 N–H and O–H groups in total. The second-order valence-corrected chi connectivity index (χ2v) is 8.17. The van der Waals surface area contributed by atoms with E-state index in [1.165, 1.54) is 13.2 Å². The van der Waals surface area contributed by atoms with Crippen molar-refractivity contribution in [1.29, 1.82) is 0 Å². The molecule has 1 aliphatic rings. The standard InChI is InChI=1S/C24H36O7/c1-4-5-8-11-18(26)14-15-20-19(12-9-6-7-10-13-23(28)30-3)21(27)16-22(20)31-24(29)17(2)25/h14-15,19-20,22H,4-13,16H2,1-3H3/t19-,20-,22-/m0/s1. The third-order valence-electron chi connectivity index (χ3n) is 5.66. The molecule has 31 heavy (non-hydrogen) atoms. The van der Waals surface area contributed by atoms with E-state index in [1.54, 1.807) is 6.08 Å². The average molecular weight is 437 g/mol. The van der Waals surface area contributed by atoms with Crippen LogP contribution in [-0.4, -0.2) is 42.5 Å². The highest BCUT2D eigenvalue weighted by Gasteiger charge is 2.43. The van der Waals surface area contributed by atoms with Gasteiger partial charge in [0.15, 0.2) is 5.78 Å². The van der Waals surface area contributed by atoms with Crippen molar-refractivity contribution >= 4 is 29.3 Å². The number of methoxy groups -OCH3 is 1. The average Bonchev–Trinajstić information content (AvgIpc) is 3.02. The number of hydrogen-bond donors (Lipinski definition) is 0. The molecule has 0 aromatic rings. The van der Waals surface area contributed by atoms with E-state index < -0.39 is 23.8 Å². The molecule has 1 aliphatic carbocycles. The van der Waals surface area contributed by atoms with Gasteiger partial charge in [0, 0.05) is 38.0 Å². The van der Waals surface area contributed by atoms with Crippen LogP contribution in [0.4, 0.5) is 0 Å². The largest absolute Gasteiger partial charge is 0.469 e. The summed E-state index contributed by atoms with van der Waals surface area (Å²) in [7, 11) is 1.37. The summed E-state index contributed by atoms with van der Waals surface area (Å²) in [6.45, 7) is 3.20. The maximum Gasteiger partial charge on any atom is 0.374 e. The van der Waals surface area contributed by atoms with Crippen LogP contribution in [0, 0.1) is 11.8 Å². The fourth-order valence-electron chi connectivity index (χ4n) is 3.85. The number of carbonyl (C=O) groups excluding carboxylic acids is 5. The minimum absolute atomic E-state index is 0.00833. The first-order chi connectivity index (χ1) is 14.8. The molecule has 0 aliphatic heterocycles. The summed E-state index contributed by atoms with van der Waals surface area (Å²) >= 11 is 0. The summed E-state index contributed by atoms with van der Waals surface area (Å²) in [5.41, 5.74) is 0. The molecule has 0 heterocycles. The fourth-order valence-corrected chi connectivity index (χ4v) is 3.85. The van der Waals surface area contributed by atoms with Crippen LogP contribution in [-0.2, 0) is 33.4 Å². The van der Waals surface area contributed by atoms with Crippen molar-refractivity contribution in [3.8, 4) is 0 Å². The van der Waals surface area contributed by atoms with Crippen molar-refractivity contribution in [2.75, 3.05) is 7.11 Å². The molecule has 1 fully saturated rings. The number of ketones is 3. The van der Waals surface area contributed by atoms with E-state index in [0.29, 0.717) is 19.3 Å². The van der Waals surface area contributed by atoms with Crippen molar-refractivity contribution in [2.24, 2.45) is 11.8 Å². The number of rotatable bonds is 15. The Balaban J connectivity index is 2.69. The van der Waals surface area contributed by atoms with Gasteiger partial charge in [-0.05, 0) is 25.3 Å². The molecule has 1 rings (SSSR count). The van der Waals surface area contributed by atoms with Crippen LogP contribution >= 0.6 is 0 Å². The van der Waals surface area contributed by atoms with E-state index in [4.69, 9.17) is 4.74 Å². The number of hydrogen-bond acceptors (Lipinski definition) is 7. The Morgan fingerprint density at radius 2 is 1.68 bits per heavy atom. The molecule has 0 bridgehead atoms. The third-order valence-corrected chi connectivity index (χ3v) is 5.66. The first-order valence-electron chi connectivity index (χ1n) is 11.3. The summed E-state index contributed by atoms with van der Waals surface area (Å²) in [6.07, 6.45) is 10.1. The minimum atomic E-state index is -0.950. The Kier molecular flexibility index (Phi) is 12.6. The van der Waals surface area contributed by atoms with Crippen LogP contribution in [0.25, 0.3) is 0 Å². The Morgan fingerprint density at radius 1 is 1.00 bits per heavy atom. The zero-order chi connectivity index (χ0) is 23.2. The van der Waals surface area contributed by atoms with Gasteiger partial charge in [0.05, 0.1) is 7.11 Å². The van der Waals surface area contributed by atoms with Crippen LogP contribution in [0.5, 0.6) is 0 Å². The van der Waals surface area contributed by atoms with Gasteiger partial charge in [-0.2, -0.15) is 0 Å². The van der Waals surface area contributed by atoms with Gasteiger partial charge in [-0.1, -0.05) is 45.1 Å². The quantitative estimate of drug-likeness (QED) is 0.166. The van der Waals surface area contributed by atoms with E-state index in [2.05, 4.69) is 11.7 Å². The molecule has 0 saturated heterocycles. The number of esters is 2. The lowest BCUT2D eigenvalue weighted by Crippen LogP contribution is -2.27. The molecule has 174 valence electrons. The molecule has 1 saturated carbocycles. The second kappa shape index (κ2) is 14.7. The maximum absolute atomic E-state index is 12.6. The van der Waals surface area contributed by atoms with Crippen LogP contribution in [0.2, 0.25) is 0 Å². The van der Waals surface area contributed by atoms with Crippen LogP contribution < -0.4 is 0 Å². The predicted octanol–water partition coefficient (Wildman–Crippen LogP) is 3.91. The van der Waals surface area contributed by atoms with Crippen molar-refractivity contribution < 1.29 is 33.4 Å². The molecule has 0 radical (unpaired) electrons. The van der Waals surface area contributed by atoms with Crippen LogP contribution in [0.15, 0.2) is 12.2 Å².